The smallest absolute Gasteiger partial charge is 0.261 e. The molecule has 32 heavy (non-hydrogen) atoms. The Morgan fingerprint density at radius 2 is 1.47 bits per heavy atom. The van der Waals surface area contributed by atoms with Crippen LogP contribution in [-0.4, -0.2) is 36.4 Å². The summed E-state index contributed by atoms with van der Waals surface area (Å²) in [4.78, 5) is 27.7. The highest BCUT2D eigenvalue weighted by atomic mass is 35.5. The summed E-state index contributed by atoms with van der Waals surface area (Å²) in [6.07, 6.45) is 0.376. The summed E-state index contributed by atoms with van der Waals surface area (Å²) in [5.74, 6) is -0.0316. The van der Waals surface area contributed by atoms with Crippen LogP contribution in [0.1, 0.15) is 11.1 Å². The first-order valence-corrected chi connectivity index (χ1v) is 10.9. The van der Waals surface area contributed by atoms with Crippen molar-refractivity contribution in [1.29, 1.82) is 0 Å². The summed E-state index contributed by atoms with van der Waals surface area (Å²) in [6, 6.07) is 22.9. The van der Waals surface area contributed by atoms with Gasteiger partial charge >= 0.3 is 0 Å². The predicted molar refractivity (Wildman–Crippen MR) is 127 cm³/mol. The van der Waals surface area contributed by atoms with Crippen molar-refractivity contribution in [2.45, 2.75) is 19.0 Å². The van der Waals surface area contributed by atoms with Crippen LogP contribution in [0, 0.1) is 0 Å². The molecule has 7 heteroatoms. The quantitative estimate of drug-likeness (QED) is 0.490. The lowest BCUT2D eigenvalue weighted by molar-refractivity contribution is -0.142. The first-order chi connectivity index (χ1) is 15.5. The molecule has 0 spiro atoms. The van der Waals surface area contributed by atoms with E-state index in [0.29, 0.717) is 22.2 Å². The second kappa shape index (κ2) is 11.6. The van der Waals surface area contributed by atoms with Gasteiger partial charge in [0.2, 0.25) is 5.91 Å². The van der Waals surface area contributed by atoms with Crippen molar-refractivity contribution in [3.05, 3.63) is 100 Å². The van der Waals surface area contributed by atoms with Gasteiger partial charge in [-0.1, -0.05) is 65.7 Å². The zero-order valence-corrected chi connectivity index (χ0v) is 19.1. The number of halogens is 2. The Bertz CT molecular complexity index is 1030. The number of carbonyl (C=O) groups is 2. The van der Waals surface area contributed by atoms with Gasteiger partial charge < -0.3 is 15.0 Å². The van der Waals surface area contributed by atoms with Crippen molar-refractivity contribution in [3.63, 3.8) is 0 Å². The maximum atomic E-state index is 13.3. The van der Waals surface area contributed by atoms with Crippen LogP contribution in [-0.2, 0) is 22.6 Å². The van der Waals surface area contributed by atoms with E-state index in [9.17, 15) is 9.59 Å². The second-order valence-electron chi connectivity index (χ2n) is 7.21. The molecular formula is C25H24Cl2N2O3. The normalized spacial score (nSPS) is 11.5. The molecule has 0 aliphatic carbocycles. The van der Waals surface area contributed by atoms with E-state index in [4.69, 9.17) is 27.9 Å². The fourth-order valence-corrected chi connectivity index (χ4v) is 3.52. The number of nitrogens with one attached hydrogen (secondary N) is 1. The lowest BCUT2D eigenvalue weighted by atomic mass is 10.0. The van der Waals surface area contributed by atoms with Crippen LogP contribution in [0.25, 0.3) is 0 Å². The van der Waals surface area contributed by atoms with E-state index < -0.39 is 6.04 Å². The molecule has 0 unspecified atom stereocenters. The van der Waals surface area contributed by atoms with Crippen LogP contribution in [0.5, 0.6) is 5.75 Å². The molecule has 1 N–H and O–H groups in total. The fraction of sp³-hybridized carbons (Fsp3) is 0.200. The molecule has 0 aliphatic rings. The van der Waals surface area contributed by atoms with Crippen LogP contribution < -0.4 is 10.1 Å². The monoisotopic (exact) mass is 470 g/mol. The van der Waals surface area contributed by atoms with Crippen molar-refractivity contribution in [2.24, 2.45) is 0 Å². The minimum absolute atomic E-state index is 0.211. The number of likely N-dealkylation sites (N-methyl/N-ethyl adjacent to an activating group) is 1. The maximum absolute atomic E-state index is 13.3. The Morgan fingerprint density at radius 1 is 0.875 bits per heavy atom. The molecule has 0 heterocycles. The molecule has 0 saturated heterocycles. The van der Waals surface area contributed by atoms with Crippen LogP contribution in [0.15, 0.2) is 78.9 Å². The van der Waals surface area contributed by atoms with Crippen LogP contribution >= 0.6 is 23.2 Å². The molecule has 1 atom stereocenters. The molecule has 5 nitrogen and oxygen atoms in total. The van der Waals surface area contributed by atoms with Gasteiger partial charge in [-0.25, -0.2) is 0 Å². The van der Waals surface area contributed by atoms with Gasteiger partial charge in [0, 0.05) is 30.1 Å². The van der Waals surface area contributed by atoms with Crippen molar-refractivity contribution < 1.29 is 14.3 Å². The molecule has 0 aliphatic heterocycles. The minimum Gasteiger partial charge on any atom is -0.484 e. The zero-order chi connectivity index (χ0) is 22.9. The second-order valence-corrected chi connectivity index (χ2v) is 8.08. The summed E-state index contributed by atoms with van der Waals surface area (Å²) in [6.45, 7) is 0.0302. The van der Waals surface area contributed by atoms with Gasteiger partial charge in [0.25, 0.3) is 5.91 Å². The summed E-state index contributed by atoms with van der Waals surface area (Å²) in [5.41, 5.74) is 1.81. The lowest BCUT2D eigenvalue weighted by Crippen LogP contribution is -2.51. The van der Waals surface area contributed by atoms with Gasteiger partial charge in [-0.15, -0.1) is 0 Å². The van der Waals surface area contributed by atoms with Crippen LogP contribution in [0.4, 0.5) is 0 Å². The third-order valence-corrected chi connectivity index (χ3v) is 5.46. The van der Waals surface area contributed by atoms with Gasteiger partial charge in [-0.05, 0) is 47.5 Å². The van der Waals surface area contributed by atoms with Crippen LogP contribution in [0.3, 0.4) is 0 Å². The molecular weight excluding hydrogens is 447 g/mol. The predicted octanol–water partition coefficient (Wildman–Crippen LogP) is 4.76. The molecule has 0 radical (unpaired) electrons. The molecule has 0 aromatic heterocycles. The summed E-state index contributed by atoms with van der Waals surface area (Å²) >= 11 is 11.9. The number of benzene rings is 3. The molecule has 3 rings (SSSR count). The summed E-state index contributed by atoms with van der Waals surface area (Å²) < 4.78 is 5.67. The highest BCUT2D eigenvalue weighted by molar-refractivity contribution is 6.30. The van der Waals surface area contributed by atoms with Crippen molar-refractivity contribution >= 4 is 35.0 Å². The third kappa shape index (κ3) is 6.74. The molecule has 0 saturated carbocycles. The van der Waals surface area contributed by atoms with Crippen molar-refractivity contribution in [2.75, 3.05) is 13.7 Å². The number of carbonyl (C=O) groups excluding carboxylic acids is 2. The van der Waals surface area contributed by atoms with Gasteiger partial charge in [0.1, 0.15) is 11.8 Å². The molecule has 2 amide bonds. The van der Waals surface area contributed by atoms with Gasteiger partial charge in [0.05, 0.1) is 0 Å². The Balaban J connectivity index is 1.85. The summed E-state index contributed by atoms with van der Waals surface area (Å²) in [7, 11) is 1.56. The number of hydrogen-bond donors (Lipinski definition) is 1. The average molecular weight is 471 g/mol. The maximum Gasteiger partial charge on any atom is 0.261 e. The number of rotatable bonds is 9. The average Bonchev–Trinajstić information content (AvgIpc) is 2.82. The molecule has 166 valence electrons. The highest BCUT2D eigenvalue weighted by Crippen LogP contribution is 2.19. The van der Waals surface area contributed by atoms with E-state index >= 15 is 0 Å². The molecule has 3 aromatic rings. The Kier molecular flexibility index (Phi) is 8.54. The van der Waals surface area contributed by atoms with E-state index in [2.05, 4.69) is 5.32 Å². The van der Waals surface area contributed by atoms with E-state index in [0.717, 1.165) is 11.1 Å². The van der Waals surface area contributed by atoms with E-state index in [1.807, 2.05) is 42.5 Å². The van der Waals surface area contributed by atoms with E-state index in [1.165, 1.54) is 0 Å². The summed E-state index contributed by atoms with van der Waals surface area (Å²) in [5, 5.41) is 3.87. The van der Waals surface area contributed by atoms with Crippen LogP contribution in [0.2, 0.25) is 10.0 Å². The van der Waals surface area contributed by atoms with E-state index in [-0.39, 0.29) is 25.0 Å². The Labute approximate surface area is 197 Å². The molecule has 0 bridgehead atoms. The van der Waals surface area contributed by atoms with E-state index in [1.54, 1.807) is 48.3 Å². The third-order valence-electron chi connectivity index (χ3n) is 4.96. The van der Waals surface area contributed by atoms with Crippen molar-refractivity contribution in [1.82, 2.24) is 10.2 Å². The van der Waals surface area contributed by atoms with Crippen molar-refractivity contribution in [3.8, 4) is 5.75 Å². The lowest BCUT2D eigenvalue weighted by Gasteiger charge is -2.31. The first kappa shape index (κ1) is 23.6. The van der Waals surface area contributed by atoms with Gasteiger partial charge in [-0.2, -0.15) is 0 Å². The fourth-order valence-electron chi connectivity index (χ4n) is 3.27. The van der Waals surface area contributed by atoms with Gasteiger partial charge in [0.15, 0.2) is 6.61 Å². The largest absolute Gasteiger partial charge is 0.484 e. The minimum atomic E-state index is -0.709. The van der Waals surface area contributed by atoms with Gasteiger partial charge in [-0.3, -0.25) is 9.59 Å². The standard InChI is InChI=1S/C25H24Cl2N2O3/c1-28-25(31)23(15-18-5-3-2-4-6-18)29(16-19-7-9-20(26)10-8-19)24(30)17-32-22-13-11-21(27)12-14-22/h2-14,23H,15-17H2,1H3,(H,28,31)/t23-/m0/s1. The number of ether oxygens (including phenoxy) is 1. The number of nitrogens with zero attached hydrogens (tertiary/aromatic N) is 1. The Morgan fingerprint density at radius 3 is 2.06 bits per heavy atom. The first-order valence-electron chi connectivity index (χ1n) is 10.1. The SMILES string of the molecule is CNC(=O)[C@H](Cc1ccccc1)N(Cc1ccc(Cl)cc1)C(=O)COc1ccc(Cl)cc1. The molecule has 3 aromatic carbocycles. The topological polar surface area (TPSA) is 58.6 Å². The zero-order valence-electron chi connectivity index (χ0n) is 17.6. The number of amides is 2. The Hall–Kier alpha value is -3.02. The number of hydrogen-bond acceptors (Lipinski definition) is 3. The molecule has 0 fully saturated rings. The highest BCUT2D eigenvalue weighted by Gasteiger charge is 2.30.